The van der Waals surface area contributed by atoms with E-state index in [1.54, 1.807) is 78.0 Å². The Hall–Kier alpha value is -3.77. The lowest BCUT2D eigenvalue weighted by Crippen LogP contribution is -2.32. The molecule has 0 unspecified atom stereocenters. The number of fused-ring (bicyclic) bond motifs is 2. The Morgan fingerprint density at radius 1 is 0.750 bits per heavy atom. The number of carbonyl (C=O) groups is 2. The zero-order valence-electron chi connectivity index (χ0n) is 23.4. The lowest BCUT2D eigenvalue weighted by Gasteiger charge is -2.26. The standard InChI is InChI=1S/C14H17N3O3S.C14H16O4S/c1-8-6-9-4-5-14(2,3)21(19,20)11(9)7-10(8)12(18)17-13(15)16;1-9-7-10-5-6-14(2,3)19(16,17)12(10)8-11(9)13(15)18-4/h4-7H,1-3H3,(H4,15,16,17,18);5-8H,1-4H3. The number of benzene rings is 2. The maximum absolute atomic E-state index is 12.6. The number of esters is 1. The fourth-order valence-corrected chi connectivity index (χ4v) is 7.26. The number of rotatable bonds is 2. The maximum Gasteiger partial charge on any atom is 0.338 e. The van der Waals surface area contributed by atoms with Crippen LogP contribution in [0.15, 0.2) is 51.2 Å². The zero-order valence-corrected chi connectivity index (χ0v) is 25.0. The summed E-state index contributed by atoms with van der Waals surface area (Å²) in [5.74, 6) is -1.54. The number of hydrogen-bond donors (Lipinski definition) is 2. The Kier molecular flexibility index (Phi) is 7.94. The summed E-state index contributed by atoms with van der Waals surface area (Å²) in [7, 11) is -5.79. The third-order valence-corrected chi connectivity index (χ3v) is 11.8. The zero-order chi connectivity index (χ0) is 30.4. The van der Waals surface area contributed by atoms with Crippen molar-refractivity contribution in [3.63, 3.8) is 0 Å². The molecule has 0 aliphatic carbocycles. The smallest absolute Gasteiger partial charge is 0.338 e. The van der Waals surface area contributed by atoms with Crippen molar-refractivity contribution in [1.82, 2.24) is 0 Å². The van der Waals surface area contributed by atoms with Gasteiger partial charge >= 0.3 is 5.97 Å². The van der Waals surface area contributed by atoms with Crippen LogP contribution in [0.3, 0.4) is 0 Å². The lowest BCUT2D eigenvalue weighted by molar-refractivity contribution is 0.0599. The third-order valence-electron chi connectivity index (χ3n) is 6.87. The molecule has 4 rings (SSSR count). The average molecular weight is 588 g/mol. The van der Waals surface area contributed by atoms with E-state index in [1.165, 1.54) is 19.2 Å². The number of sulfone groups is 2. The second kappa shape index (κ2) is 10.3. The first-order chi connectivity index (χ1) is 18.3. The van der Waals surface area contributed by atoms with Gasteiger partial charge in [-0.25, -0.2) is 21.6 Å². The van der Waals surface area contributed by atoms with Crippen molar-refractivity contribution >= 4 is 49.7 Å². The molecule has 0 spiro atoms. The summed E-state index contributed by atoms with van der Waals surface area (Å²) in [6.07, 6.45) is 6.84. The molecule has 214 valence electrons. The average Bonchev–Trinajstić information content (AvgIpc) is 2.83. The van der Waals surface area contributed by atoms with E-state index in [4.69, 9.17) is 11.5 Å². The van der Waals surface area contributed by atoms with Gasteiger partial charge < -0.3 is 16.2 Å². The molecule has 0 aromatic heterocycles. The van der Waals surface area contributed by atoms with E-state index in [1.807, 2.05) is 0 Å². The molecule has 40 heavy (non-hydrogen) atoms. The molecule has 0 radical (unpaired) electrons. The fourth-order valence-electron chi connectivity index (χ4n) is 4.21. The summed E-state index contributed by atoms with van der Waals surface area (Å²) < 4.78 is 52.9. The topological polar surface area (TPSA) is 176 Å². The van der Waals surface area contributed by atoms with Gasteiger partial charge in [0.2, 0.25) is 0 Å². The molecule has 2 aliphatic heterocycles. The summed E-state index contributed by atoms with van der Waals surface area (Å²) in [6, 6.07) is 6.11. The number of nitrogens with two attached hydrogens (primary N) is 2. The van der Waals surface area contributed by atoms with Crippen molar-refractivity contribution in [2.75, 3.05) is 7.11 Å². The van der Waals surface area contributed by atoms with E-state index in [-0.39, 0.29) is 26.9 Å². The van der Waals surface area contributed by atoms with Crippen LogP contribution in [0.25, 0.3) is 12.2 Å². The molecule has 2 heterocycles. The van der Waals surface area contributed by atoms with Crippen LogP contribution in [0.2, 0.25) is 0 Å². The molecular formula is C28H33N3O7S2. The predicted octanol–water partition coefficient (Wildman–Crippen LogP) is 3.35. The first kappa shape index (κ1) is 30.8. The minimum Gasteiger partial charge on any atom is -0.465 e. The third kappa shape index (κ3) is 5.33. The molecule has 2 aromatic rings. The molecular weight excluding hydrogens is 554 g/mol. The first-order valence-electron chi connectivity index (χ1n) is 12.2. The van der Waals surface area contributed by atoms with Crippen molar-refractivity contribution in [2.24, 2.45) is 16.5 Å². The second-order valence-electron chi connectivity index (χ2n) is 10.6. The van der Waals surface area contributed by atoms with Crippen LogP contribution in [-0.2, 0) is 24.4 Å². The number of aliphatic imine (C=N–C) groups is 1. The number of hydrogen-bond acceptors (Lipinski definition) is 7. The number of aryl methyl sites for hydroxylation is 2. The monoisotopic (exact) mass is 587 g/mol. The van der Waals surface area contributed by atoms with E-state index < -0.39 is 41.0 Å². The van der Waals surface area contributed by atoms with Crippen LogP contribution < -0.4 is 11.5 Å². The van der Waals surface area contributed by atoms with Crippen LogP contribution in [-0.4, -0.2) is 51.3 Å². The van der Waals surface area contributed by atoms with Crippen molar-refractivity contribution in [1.29, 1.82) is 0 Å². The van der Waals surface area contributed by atoms with Gasteiger partial charge in [-0.1, -0.05) is 24.3 Å². The molecule has 10 nitrogen and oxygen atoms in total. The Labute approximate surface area is 234 Å². The molecule has 1 amide bonds. The van der Waals surface area contributed by atoms with E-state index >= 15 is 0 Å². The quantitative estimate of drug-likeness (QED) is 0.303. The molecule has 0 atom stereocenters. The molecule has 2 aromatic carbocycles. The number of ether oxygens (including phenoxy) is 1. The van der Waals surface area contributed by atoms with Gasteiger partial charge in [0.25, 0.3) is 5.91 Å². The number of methoxy groups -OCH3 is 1. The van der Waals surface area contributed by atoms with Crippen LogP contribution in [0.5, 0.6) is 0 Å². The largest absolute Gasteiger partial charge is 0.465 e. The summed E-state index contributed by atoms with van der Waals surface area (Å²) in [4.78, 5) is 27.4. The van der Waals surface area contributed by atoms with Crippen molar-refractivity contribution in [3.8, 4) is 0 Å². The van der Waals surface area contributed by atoms with Gasteiger partial charge in [0.15, 0.2) is 25.6 Å². The number of carbonyl (C=O) groups excluding carboxylic acids is 2. The molecule has 12 heteroatoms. The van der Waals surface area contributed by atoms with E-state index in [2.05, 4.69) is 9.73 Å². The van der Waals surface area contributed by atoms with Gasteiger partial charge in [0.1, 0.15) is 0 Å². The normalized spacial score (nSPS) is 18.3. The SMILES string of the molecule is COC(=O)c1cc2c(cc1C)C=CC(C)(C)S2(=O)=O.Cc1cc2c(cc1C(=O)N=C(N)N)S(=O)(=O)C(C)(C)C=C2. The predicted molar refractivity (Wildman–Crippen MR) is 154 cm³/mol. The van der Waals surface area contributed by atoms with Gasteiger partial charge in [-0.05, 0) is 88.1 Å². The lowest BCUT2D eigenvalue weighted by atomic mass is 10.0. The Balaban J connectivity index is 0.000000222. The molecule has 0 saturated carbocycles. The second-order valence-corrected chi connectivity index (χ2v) is 15.6. The Morgan fingerprint density at radius 3 is 1.55 bits per heavy atom. The van der Waals surface area contributed by atoms with Crippen LogP contribution in [0.1, 0.15) is 70.7 Å². The number of guanidine groups is 1. The van der Waals surface area contributed by atoms with Crippen molar-refractivity contribution in [2.45, 2.75) is 60.8 Å². The summed E-state index contributed by atoms with van der Waals surface area (Å²) in [5.41, 5.74) is 13.3. The van der Waals surface area contributed by atoms with E-state index in [9.17, 15) is 26.4 Å². The van der Waals surface area contributed by atoms with E-state index in [0.717, 1.165) is 0 Å². The number of nitrogens with zero attached hydrogens (tertiary/aromatic N) is 1. The van der Waals surface area contributed by atoms with Crippen LogP contribution in [0.4, 0.5) is 0 Å². The van der Waals surface area contributed by atoms with Crippen LogP contribution in [0, 0.1) is 13.8 Å². The summed E-state index contributed by atoms with van der Waals surface area (Å²) in [5, 5.41) is 0. The Morgan fingerprint density at radius 2 is 1.15 bits per heavy atom. The van der Waals surface area contributed by atoms with Gasteiger partial charge in [-0.2, -0.15) is 4.99 Å². The van der Waals surface area contributed by atoms with E-state index in [0.29, 0.717) is 22.3 Å². The maximum atomic E-state index is 12.6. The summed E-state index contributed by atoms with van der Waals surface area (Å²) in [6.45, 7) is 9.96. The Bertz CT molecular complexity index is 1730. The van der Waals surface area contributed by atoms with Gasteiger partial charge in [-0.3, -0.25) is 4.79 Å². The minimum absolute atomic E-state index is 0.120. The van der Waals surface area contributed by atoms with Crippen LogP contribution >= 0.6 is 0 Å². The van der Waals surface area contributed by atoms with Gasteiger partial charge in [-0.15, -0.1) is 0 Å². The highest BCUT2D eigenvalue weighted by Gasteiger charge is 2.39. The molecule has 2 aliphatic rings. The highest BCUT2D eigenvalue weighted by molar-refractivity contribution is 7.93. The fraction of sp³-hybridized carbons (Fsp3) is 0.321. The molecule has 0 saturated heterocycles. The highest BCUT2D eigenvalue weighted by atomic mass is 32.2. The molecule has 4 N–H and O–H groups in total. The number of amides is 1. The molecule has 0 fully saturated rings. The van der Waals surface area contributed by atoms with Crippen molar-refractivity contribution in [3.05, 3.63) is 69.8 Å². The molecule has 0 bridgehead atoms. The minimum atomic E-state index is -3.57. The van der Waals surface area contributed by atoms with Gasteiger partial charge in [0.05, 0.1) is 32.0 Å². The first-order valence-corrected chi connectivity index (χ1v) is 15.1. The summed E-state index contributed by atoms with van der Waals surface area (Å²) >= 11 is 0. The van der Waals surface area contributed by atoms with Gasteiger partial charge in [0, 0.05) is 5.56 Å². The highest BCUT2D eigenvalue weighted by Crippen LogP contribution is 2.37. The van der Waals surface area contributed by atoms with Crippen molar-refractivity contribution < 1.29 is 31.2 Å².